The lowest BCUT2D eigenvalue weighted by molar-refractivity contribution is -0.137. The summed E-state index contributed by atoms with van der Waals surface area (Å²) in [6.07, 6.45) is 0.366. The molecule has 0 aromatic carbocycles. The minimum absolute atomic E-state index is 0.104. The molecule has 0 aromatic rings. The van der Waals surface area contributed by atoms with E-state index in [9.17, 15) is 14.0 Å². The molecule has 0 bridgehead atoms. The molecular weight excluding hydrogens is 155 g/mol. The molecule has 62 valence electrons. The molecule has 0 radical (unpaired) electrons. The molecule has 0 rings (SSSR count). The van der Waals surface area contributed by atoms with Gasteiger partial charge >= 0.3 is 11.9 Å². The summed E-state index contributed by atoms with van der Waals surface area (Å²) in [6, 6.07) is 0. The summed E-state index contributed by atoms with van der Waals surface area (Å²) in [4.78, 5) is 19.6. The SMILES string of the molecule is O=C(O)CC/C=C(\F)C(=O)O. The molecule has 0 saturated carbocycles. The molecular formula is C6H7FO4. The van der Waals surface area contributed by atoms with E-state index in [2.05, 4.69) is 0 Å². The van der Waals surface area contributed by atoms with Crippen LogP contribution >= 0.6 is 0 Å². The number of hydrogen-bond donors (Lipinski definition) is 2. The van der Waals surface area contributed by atoms with Crippen molar-refractivity contribution in [3.8, 4) is 0 Å². The molecule has 0 aliphatic rings. The van der Waals surface area contributed by atoms with Gasteiger partial charge in [0.2, 0.25) is 5.83 Å². The molecule has 0 amide bonds. The minimum atomic E-state index is -1.67. The molecule has 0 aliphatic heterocycles. The Morgan fingerprint density at radius 2 is 1.91 bits per heavy atom. The molecule has 0 aromatic heterocycles. The lowest BCUT2D eigenvalue weighted by Gasteiger charge is -1.88. The van der Waals surface area contributed by atoms with Crippen LogP contribution in [-0.2, 0) is 9.59 Å². The van der Waals surface area contributed by atoms with Crippen LogP contribution in [-0.4, -0.2) is 22.2 Å². The average molecular weight is 162 g/mol. The van der Waals surface area contributed by atoms with Crippen molar-refractivity contribution in [2.24, 2.45) is 0 Å². The summed E-state index contributed by atoms with van der Waals surface area (Å²) >= 11 is 0. The standard InChI is InChI=1S/C6H7FO4/c7-4(6(10)11)2-1-3-5(8)9/h2H,1,3H2,(H,8,9)(H,10,11)/b4-2-. The average Bonchev–Trinajstić information content (AvgIpc) is 1.86. The highest BCUT2D eigenvalue weighted by molar-refractivity contribution is 5.83. The van der Waals surface area contributed by atoms with Crippen LogP contribution in [0.25, 0.3) is 0 Å². The van der Waals surface area contributed by atoms with Gasteiger partial charge in [-0.25, -0.2) is 4.79 Å². The molecule has 0 atom stereocenters. The largest absolute Gasteiger partial charge is 0.481 e. The van der Waals surface area contributed by atoms with Crippen molar-refractivity contribution < 1.29 is 24.2 Å². The predicted molar refractivity (Wildman–Crippen MR) is 33.7 cm³/mol. The van der Waals surface area contributed by atoms with Crippen molar-refractivity contribution in [3.05, 3.63) is 11.9 Å². The van der Waals surface area contributed by atoms with Gasteiger partial charge in [0, 0.05) is 6.42 Å². The highest BCUT2D eigenvalue weighted by Crippen LogP contribution is 2.00. The second-order valence-electron chi connectivity index (χ2n) is 1.79. The van der Waals surface area contributed by atoms with Crippen LogP contribution < -0.4 is 0 Å². The second kappa shape index (κ2) is 4.43. The first-order valence-corrected chi connectivity index (χ1v) is 2.84. The van der Waals surface area contributed by atoms with Gasteiger partial charge in [-0.05, 0) is 12.5 Å². The van der Waals surface area contributed by atoms with E-state index in [0.29, 0.717) is 0 Å². The smallest absolute Gasteiger partial charge is 0.364 e. The highest BCUT2D eigenvalue weighted by Gasteiger charge is 2.04. The highest BCUT2D eigenvalue weighted by atomic mass is 19.1. The Hall–Kier alpha value is -1.39. The Kier molecular flexibility index (Phi) is 3.87. The van der Waals surface area contributed by atoms with E-state index in [1.165, 1.54) is 0 Å². The summed E-state index contributed by atoms with van der Waals surface area (Å²) in [7, 11) is 0. The normalized spacial score (nSPS) is 11.2. The maximum absolute atomic E-state index is 12.0. The molecule has 4 nitrogen and oxygen atoms in total. The first-order valence-electron chi connectivity index (χ1n) is 2.84. The Bertz CT molecular complexity index is 197. The van der Waals surface area contributed by atoms with Gasteiger partial charge < -0.3 is 10.2 Å². The number of rotatable bonds is 4. The van der Waals surface area contributed by atoms with Gasteiger partial charge in [0.1, 0.15) is 0 Å². The lowest BCUT2D eigenvalue weighted by atomic mass is 10.3. The van der Waals surface area contributed by atoms with Crippen molar-refractivity contribution in [2.45, 2.75) is 12.8 Å². The van der Waals surface area contributed by atoms with Crippen molar-refractivity contribution >= 4 is 11.9 Å². The van der Waals surface area contributed by atoms with Crippen LogP contribution in [0, 0.1) is 0 Å². The number of halogens is 1. The van der Waals surface area contributed by atoms with Crippen LogP contribution in [0.1, 0.15) is 12.8 Å². The maximum Gasteiger partial charge on any atom is 0.364 e. The molecule has 0 aliphatic carbocycles. The molecule has 5 heteroatoms. The van der Waals surface area contributed by atoms with E-state index < -0.39 is 17.8 Å². The number of aliphatic carboxylic acids is 2. The zero-order valence-corrected chi connectivity index (χ0v) is 5.58. The minimum Gasteiger partial charge on any atom is -0.481 e. The fourth-order valence-electron chi connectivity index (χ4n) is 0.410. The van der Waals surface area contributed by atoms with Crippen molar-refractivity contribution in [3.63, 3.8) is 0 Å². The third-order valence-corrected chi connectivity index (χ3v) is 0.886. The van der Waals surface area contributed by atoms with Gasteiger partial charge in [0.05, 0.1) is 0 Å². The Labute approximate surface area is 62.0 Å². The van der Waals surface area contributed by atoms with Crippen molar-refractivity contribution in [1.29, 1.82) is 0 Å². The van der Waals surface area contributed by atoms with Gasteiger partial charge in [-0.1, -0.05) is 0 Å². The molecule has 0 spiro atoms. The van der Waals surface area contributed by atoms with Crippen LogP contribution in [0.5, 0.6) is 0 Å². The second-order valence-corrected chi connectivity index (χ2v) is 1.79. The van der Waals surface area contributed by atoms with E-state index in [1.54, 1.807) is 0 Å². The first-order chi connectivity index (χ1) is 5.04. The third-order valence-electron chi connectivity index (χ3n) is 0.886. The van der Waals surface area contributed by atoms with E-state index in [0.717, 1.165) is 6.08 Å². The van der Waals surface area contributed by atoms with Gasteiger partial charge in [-0.2, -0.15) is 4.39 Å². The van der Waals surface area contributed by atoms with Crippen LogP contribution in [0.15, 0.2) is 11.9 Å². The summed E-state index contributed by atoms with van der Waals surface area (Å²) in [6.45, 7) is 0. The molecule has 11 heavy (non-hydrogen) atoms. The summed E-state index contributed by atoms with van der Waals surface area (Å²) in [5.74, 6) is -4.07. The fraction of sp³-hybridized carbons (Fsp3) is 0.333. The van der Waals surface area contributed by atoms with E-state index in [4.69, 9.17) is 10.2 Å². The molecule has 0 heterocycles. The Morgan fingerprint density at radius 1 is 1.36 bits per heavy atom. The topological polar surface area (TPSA) is 74.6 Å². The van der Waals surface area contributed by atoms with E-state index in [-0.39, 0.29) is 12.8 Å². The summed E-state index contributed by atoms with van der Waals surface area (Å²) in [5.41, 5.74) is 0. The van der Waals surface area contributed by atoms with Crippen LogP contribution in [0.4, 0.5) is 4.39 Å². The van der Waals surface area contributed by atoms with Crippen LogP contribution in [0.2, 0.25) is 0 Å². The van der Waals surface area contributed by atoms with Gasteiger partial charge in [-0.15, -0.1) is 0 Å². The maximum atomic E-state index is 12.0. The quantitative estimate of drug-likeness (QED) is 0.599. The first kappa shape index (κ1) is 9.61. The van der Waals surface area contributed by atoms with Crippen LogP contribution in [0.3, 0.4) is 0 Å². The summed E-state index contributed by atoms with van der Waals surface area (Å²) in [5, 5.41) is 16.0. The van der Waals surface area contributed by atoms with Gasteiger partial charge in [0.25, 0.3) is 0 Å². The third kappa shape index (κ3) is 5.07. The van der Waals surface area contributed by atoms with E-state index in [1.807, 2.05) is 0 Å². The Morgan fingerprint density at radius 3 is 2.27 bits per heavy atom. The number of hydrogen-bond acceptors (Lipinski definition) is 2. The fourth-order valence-corrected chi connectivity index (χ4v) is 0.410. The zero-order valence-electron chi connectivity index (χ0n) is 5.58. The van der Waals surface area contributed by atoms with Gasteiger partial charge in [-0.3, -0.25) is 4.79 Å². The Balaban J connectivity index is 3.74. The predicted octanol–water partition coefficient (Wildman–Crippen LogP) is 0.789. The molecule has 2 N–H and O–H groups in total. The number of carbonyl (C=O) groups is 2. The van der Waals surface area contributed by atoms with Crippen molar-refractivity contribution in [1.82, 2.24) is 0 Å². The molecule has 0 unspecified atom stereocenters. The van der Waals surface area contributed by atoms with E-state index >= 15 is 0 Å². The number of allylic oxidation sites excluding steroid dienone is 1. The lowest BCUT2D eigenvalue weighted by Crippen LogP contribution is -1.96. The molecule has 0 fully saturated rings. The zero-order chi connectivity index (χ0) is 8.85. The summed E-state index contributed by atoms with van der Waals surface area (Å²) < 4.78 is 12.0. The monoisotopic (exact) mass is 162 g/mol. The molecule has 0 saturated heterocycles. The number of carboxylic acid groups (broad SMARTS) is 2. The van der Waals surface area contributed by atoms with Gasteiger partial charge in [0.15, 0.2) is 0 Å². The number of carboxylic acids is 2. The van der Waals surface area contributed by atoms with Crippen molar-refractivity contribution in [2.75, 3.05) is 0 Å².